The molecule has 1 aromatic heterocycles. The van der Waals surface area contributed by atoms with E-state index in [2.05, 4.69) is 57.8 Å². The number of aryl methyl sites for hydroxylation is 1. The predicted octanol–water partition coefficient (Wildman–Crippen LogP) is 2.89. The Hall–Kier alpha value is -1.13. The molecule has 0 spiro atoms. The zero-order valence-electron chi connectivity index (χ0n) is 14.2. The molecule has 0 aliphatic carbocycles. The van der Waals surface area contributed by atoms with Gasteiger partial charge in [0.25, 0.3) is 0 Å². The molecule has 1 saturated heterocycles. The highest BCUT2D eigenvalue weighted by Gasteiger charge is 2.25. The maximum absolute atomic E-state index is 5.70. The average molecular weight is 291 g/mol. The van der Waals surface area contributed by atoms with Crippen LogP contribution in [0.5, 0.6) is 0 Å². The lowest BCUT2D eigenvalue weighted by Gasteiger charge is -2.38. The molecule has 2 atom stereocenters. The third-order valence-corrected chi connectivity index (χ3v) is 3.81. The van der Waals surface area contributed by atoms with E-state index in [1.165, 1.54) is 11.1 Å². The third kappa shape index (κ3) is 4.42. The van der Waals surface area contributed by atoms with Gasteiger partial charge in [-0.25, -0.2) is 4.98 Å². The molecular formula is C17H29N3O. The van der Waals surface area contributed by atoms with Crippen molar-refractivity contribution in [1.82, 2.24) is 10.3 Å². The van der Waals surface area contributed by atoms with E-state index in [9.17, 15) is 0 Å². The Morgan fingerprint density at radius 3 is 2.71 bits per heavy atom. The summed E-state index contributed by atoms with van der Waals surface area (Å²) in [5, 5.41) is 3.51. The second kappa shape index (κ2) is 6.32. The summed E-state index contributed by atoms with van der Waals surface area (Å²) in [4.78, 5) is 7.08. The first-order valence-electron chi connectivity index (χ1n) is 7.85. The first kappa shape index (κ1) is 16.2. The first-order valence-corrected chi connectivity index (χ1v) is 7.85. The van der Waals surface area contributed by atoms with Crippen LogP contribution in [0.1, 0.15) is 45.7 Å². The van der Waals surface area contributed by atoms with Crippen molar-refractivity contribution in [2.45, 2.75) is 65.8 Å². The molecule has 1 fully saturated rings. The molecule has 0 radical (unpaired) electrons. The molecule has 1 N–H and O–H groups in total. The molecule has 1 aromatic rings. The highest BCUT2D eigenvalue weighted by Crippen LogP contribution is 2.24. The number of aromatic nitrogens is 1. The summed E-state index contributed by atoms with van der Waals surface area (Å²) in [5.74, 6) is 1.09. The van der Waals surface area contributed by atoms with Gasteiger partial charge in [0.15, 0.2) is 0 Å². The molecule has 1 aliphatic rings. The quantitative estimate of drug-likeness (QED) is 0.929. The van der Waals surface area contributed by atoms with E-state index in [1.54, 1.807) is 0 Å². The average Bonchev–Trinajstić information content (AvgIpc) is 2.39. The van der Waals surface area contributed by atoms with Crippen LogP contribution in [-0.4, -0.2) is 35.8 Å². The summed E-state index contributed by atoms with van der Waals surface area (Å²) in [5.41, 5.74) is 2.60. The van der Waals surface area contributed by atoms with Gasteiger partial charge in [-0.3, -0.25) is 0 Å². The molecule has 2 unspecified atom stereocenters. The molecule has 4 heteroatoms. The van der Waals surface area contributed by atoms with Crippen molar-refractivity contribution >= 4 is 5.82 Å². The van der Waals surface area contributed by atoms with Gasteiger partial charge in [-0.05, 0) is 58.7 Å². The zero-order valence-corrected chi connectivity index (χ0v) is 14.2. The number of nitrogens with one attached hydrogen (secondary N) is 1. The molecule has 0 aromatic carbocycles. The Balaban J connectivity index is 2.11. The second-order valence-electron chi connectivity index (χ2n) is 7.23. The van der Waals surface area contributed by atoms with Gasteiger partial charge in [0.1, 0.15) is 5.82 Å². The predicted molar refractivity (Wildman–Crippen MR) is 87.8 cm³/mol. The Morgan fingerprint density at radius 2 is 2.10 bits per heavy atom. The van der Waals surface area contributed by atoms with E-state index in [1.807, 2.05) is 6.20 Å². The highest BCUT2D eigenvalue weighted by molar-refractivity contribution is 5.48. The largest absolute Gasteiger partial charge is 0.375 e. The molecule has 4 nitrogen and oxygen atoms in total. The number of ether oxygens (including phenoxy) is 1. The SMILES string of the molecule is Cc1cc(CNC(C)(C)C)cnc1N1CC(C)OCC1C. The lowest BCUT2D eigenvalue weighted by Crippen LogP contribution is -2.48. The van der Waals surface area contributed by atoms with Crippen LogP contribution >= 0.6 is 0 Å². The topological polar surface area (TPSA) is 37.4 Å². The Bertz CT molecular complexity index is 481. The van der Waals surface area contributed by atoms with Crippen LogP contribution < -0.4 is 10.2 Å². The molecule has 1 aliphatic heterocycles. The fraction of sp³-hybridized carbons (Fsp3) is 0.706. The third-order valence-electron chi connectivity index (χ3n) is 3.81. The minimum atomic E-state index is 0.126. The standard InChI is InChI=1S/C17H29N3O/c1-12-7-15(9-19-17(4,5)6)8-18-16(12)20-10-14(3)21-11-13(20)2/h7-8,13-14,19H,9-11H2,1-6H3. The Morgan fingerprint density at radius 1 is 1.38 bits per heavy atom. The van der Waals surface area contributed by atoms with Crippen LogP contribution in [0.2, 0.25) is 0 Å². The first-order chi connectivity index (χ1) is 9.76. The van der Waals surface area contributed by atoms with Crippen molar-refractivity contribution in [3.8, 4) is 0 Å². The number of rotatable bonds is 3. The van der Waals surface area contributed by atoms with Gasteiger partial charge in [0, 0.05) is 24.8 Å². The van der Waals surface area contributed by atoms with Crippen LogP contribution in [0, 0.1) is 6.92 Å². The van der Waals surface area contributed by atoms with Crippen molar-refractivity contribution in [3.05, 3.63) is 23.4 Å². The molecular weight excluding hydrogens is 262 g/mol. The fourth-order valence-electron chi connectivity index (χ4n) is 2.59. The zero-order chi connectivity index (χ0) is 15.6. The minimum Gasteiger partial charge on any atom is -0.375 e. The Kier molecular flexibility index (Phi) is 4.89. The van der Waals surface area contributed by atoms with Crippen molar-refractivity contribution in [1.29, 1.82) is 0 Å². The molecule has 0 amide bonds. The number of hydrogen-bond donors (Lipinski definition) is 1. The maximum atomic E-state index is 5.70. The van der Waals surface area contributed by atoms with Crippen LogP contribution in [0.3, 0.4) is 0 Å². The summed E-state index contributed by atoms with van der Waals surface area (Å²) < 4.78 is 5.70. The van der Waals surface area contributed by atoms with Gasteiger partial charge in [-0.2, -0.15) is 0 Å². The summed E-state index contributed by atoms with van der Waals surface area (Å²) in [6.45, 7) is 15.5. The molecule has 0 saturated carbocycles. The molecule has 0 bridgehead atoms. The minimum absolute atomic E-state index is 0.126. The number of nitrogens with zero attached hydrogens (tertiary/aromatic N) is 2. The van der Waals surface area contributed by atoms with Crippen LogP contribution in [0.25, 0.3) is 0 Å². The molecule has 21 heavy (non-hydrogen) atoms. The van der Waals surface area contributed by atoms with Crippen molar-refractivity contribution in [2.24, 2.45) is 0 Å². The summed E-state index contributed by atoms with van der Waals surface area (Å²) in [6.07, 6.45) is 2.26. The van der Waals surface area contributed by atoms with Crippen molar-refractivity contribution in [2.75, 3.05) is 18.1 Å². The van der Waals surface area contributed by atoms with Gasteiger partial charge >= 0.3 is 0 Å². The van der Waals surface area contributed by atoms with Gasteiger partial charge in [-0.1, -0.05) is 0 Å². The lowest BCUT2D eigenvalue weighted by atomic mass is 10.1. The molecule has 2 rings (SSSR count). The normalized spacial score (nSPS) is 23.4. The van der Waals surface area contributed by atoms with E-state index in [-0.39, 0.29) is 11.6 Å². The molecule has 2 heterocycles. The highest BCUT2D eigenvalue weighted by atomic mass is 16.5. The van der Waals surface area contributed by atoms with E-state index in [0.29, 0.717) is 6.04 Å². The smallest absolute Gasteiger partial charge is 0.131 e. The van der Waals surface area contributed by atoms with E-state index >= 15 is 0 Å². The van der Waals surface area contributed by atoms with Crippen molar-refractivity contribution < 1.29 is 4.74 Å². The fourth-order valence-corrected chi connectivity index (χ4v) is 2.59. The summed E-state index contributed by atoms with van der Waals surface area (Å²) in [6, 6.07) is 2.62. The van der Waals surface area contributed by atoms with E-state index in [4.69, 9.17) is 9.72 Å². The molecule has 118 valence electrons. The summed E-state index contributed by atoms with van der Waals surface area (Å²) in [7, 11) is 0. The second-order valence-corrected chi connectivity index (χ2v) is 7.23. The number of hydrogen-bond acceptors (Lipinski definition) is 4. The van der Waals surface area contributed by atoms with Crippen molar-refractivity contribution in [3.63, 3.8) is 0 Å². The number of anilines is 1. The number of pyridine rings is 1. The Labute approximate surface area is 128 Å². The van der Waals surface area contributed by atoms with E-state index in [0.717, 1.165) is 25.5 Å². The van der Waals surface area contributed by atoms with Crippen LogP contribution in [0.4, 0.5) is 5.82 Å². The maximum Gasteiger partial charge on any atom is 0.131 e. The summed E-state index contributed by atoms with van der Waals surface area (Å²) >= 11 is 0. The van der Waals surface area contributed by atoms with Gasteiger partial charge in [0.05, 0.1) is 18.8 Å². The van der Waals surface area contributed by atoms with Crippen LogP contribution in [-0.2, 0) is 11.3 Å². The van der Waals surface area contributed by atoms with Crippen LogP contribution in [0.15, 0.2) is 12.3 Å². The van der Waals surface area contributed by atoms with Gasteiger partial charge < -0.3 is 15.0 Å². The number of morpholine rings is 1. The van der Waals surface area contributed by atoms with Gasteiger partial charge in [0.2, 0.25) is 0 Å². The lowest BCUT2D eigenvalue weighted by molar-refractivity contribution is 0.0340. The van der Waals surface area contributed by atoms with Gasteiger partial charge in [-0.15, -0.1) is 0 Å². The van der Waals surface area contributed by atoms with E-state index < -0.39 is 0 Å². The monoisotopic (exact) mass is 291 g/mol.